The third-order valence-electron chi connectivity index (χ3n) is 3.44. The van der Waals surface area contributed by atoms with Crippen molar-refractivity contribution in [2.75, 3.05) is 7.11 Å². The zero-order chi connectivity index (χ0) is 15.2. The fourth-order valence-electron chi connectivity index (χ4n) is 2.20. The molecule has 1 amide bonds. The largest absolute Gasteiger partial charge is 0.496 e. The van der Waals surface area contributed by atoms with Crippen LogP contribution >= 0.6 is 0 Å². The Hall–Kier alpha value is -2.36. The van der Waals surface area contributed by atoms with Crippen molar-refractivity contribution in [3.05, 3.63) is 58.9 Å². The molecule has 0 saturated heterocycles. The summed E-state index contributed by atoms with van der Waals surface area (Å²) in [6.07, 6.45) is 3.82. The van der Waals surface area contributed by atoms with Gasteiger partial charge >= 0.3 is 0 Å². The van der Waals surface area contributed by atoms with Crippen LogP contribution in [0.4, 0.5) is 0 Å². The van der Waals surface area contributed by atoms with Crippen molar-refractivity contribution in [1.82, 2.24) is 10.3 Å². The lowest BCUT2D eigenvalue weighted by Crippen LogP contribution is -2.24. The molecule has 1 aromatic heterocycles. The SMILES string of the molecule is COc1cc(C)c(CC(=O)NCc2ccncc2)cc1C. The second kappa shape index (κ2) is 6.88. The maximum absolute atomic E-state index is 12.0. The molecule has 1 N–H and O–H groups in total. The average molecular weight is 284 g/mol. The summed E-state index contributed by atoms with van der Waals surface area (Å²) in [4.78, 5) is 16.0. The van der Waals surface area contributed by atoms with Gasteiger partial charge in [0.25, 0.3) is 0 Å². The van der Waals surface area contributed by atoms with Gasteiger partial charge in [0.15, 0.2) is 0 Å². The summed E-state index contributed by atoms with van der Waals surface area (Å²) < 4.78 is 5.28. The molecule has 0 saturated carbocycles. The molecule has 0 radical (unpaired) electrons. The first-order chi connectivity index (χ1) is 10.1. The molecule has 1 heterocycles. The van der Waals surface area contributed by atoms with Crippen molar-refractivity contribution in [3.8, 4) is 5.75 Å². The molecule has 0 bridgehead atoms. The first-order valence-corrected chi connectivity index (χ1v) is 6.90. The third kappa shape index (κ3) is 4.05. The topological polar surface area (TPSA) is 51.2 Å². The monoisotopic (exact) mass is 284 g/mol. The van der Waals surface area contributed by atoms with Crippen LogP contribution < -0.4 is 10.1 Å². The molecule has 4 heteroatoms. The van der Waals surface area contributed by atoms with Gasteiger partial charge in [-0.2, -0.15) is 0 Å². The first kappa shape index (κ1) is 15.0. The van der Waals surface area contributed by atoms with E-state index in [-0.39, 0.29) is 5.91 Å². The van der Waals surface area contributed by atoms with E-state index in [0.717, 1.165) is 28.0 Å². The van der Waals surface area contributed by atoms with Crippen LogP contribution in [0.2, 0.25) is 0 Å². The molecule has 0 spiro atoms. The van der Waals surface area contributed by atoms with E-state index in [1.165, 1.54) is 0 Å². The van der Waals surface area contributed by atoms with Crippen LogP contribution in [0, 0.1) is 13.8 Å². The van der Waals surface area contributed by atoms with E-state index in [9.17, 15) is 4.79 Å². The molecular weight excluding hydrogens is 264 g/mol. The molecule has 2 aromatic rings. The Labute approximate surface area is 125 Å². The smallest absolute Gasteiger partial charge is 0.224 e. The standard InChI is InChI=1S/C17H20N2O2/c1-12-9-16(21-3)13(2)8-15(12)10-17(20)19-11-14-4-6-18-7-5-14/h4-9H,10-11H2,1-3H3,(H,19,20). The Morgan fingerprint density at radius 3 is 2.57 bits per heavy atom. The van der Waals surface area contributed by atoms with E-state index < -0.39 is 0 Å². The molecule has 0 aliphatic rings. The highest BCUT2D eigenvalue weighted by Crippen LogP contribution is 2.22. The number of methoxy groups -OCH3 is 1. The van der Waals surface area contributed by atoms with E-state index in [0.29, 0.717) is 13.0 Å². The van der Waals surface area contributed by atoms with Crippen LogP contribution in [0.3, 0.4) is 0 Å². The summed E-state index contributed by atoms with van der Waals surface area (Å²) in [6, 6.07) is 7.77. The van der Waals surface area contributed by atoms with Gasteiger partial charge in [0.1, 0.15) is 5.75 Å². The van der Waals surface area contributed by atoms with Crippen molar-refractivity contribution in [2.24, 2.45) is 0 Å². The van der Waals surface area contributed by atoms with Crippen molar-refractivity contribution in [2.45, 2.75) is 26.8 Å². The Bertz CT molecular complexity index is 624. The van der Waals surface area contributed by atoms with Gasteiger partial charge in [-0.25, -0.2) is 0 Å². The van der Waals surface area contributed by atoms with Crippen LogP contribution in [0.1, 0.15) is 22.3 Å². The number of ether oxygens (including phenoxy) is 1. The predicted molar refractivity (Wildman–Crippen MR) is 82.3 cm³/mol. The number of nitrogens with zero attached hydrogens (tertiary/aromatic N) is 1. The molecule has 0 aliphatic carbocycles. The van der Waals surface area contributed by atoms with Crippen LogP contribution in [-0.4, -0.2) is 18.0 Å². The van der Waals surface area contributed by atoms with Crippen LogP contribution in [0.5, 0.6) is 5.75 Å². The van der Waals surface area contributed by atoms with Gasteiger partial charge in [0.05, 0.1) is 13.5 Å². The van der Waals surface area contributed by atoms with Crippen LogP contribution in [-0.2, 0) is 17.8 Å². The Morgan fingerprint density at radius 2 is 1.90 bits per heavy atom. The molecule has 1 aromatic carbocycles. The molecule has 0 fully saturated rings. The molecule has 4 nitrogen and oxygen atoms in total. The Balaban J connectivity index is 1.98. The predicted octanol–water partition coefficient (Wildman–Crippen LogP) is 2.57. The second-order valence-corrected chi connectivity index (χ2v) is 5.06. The molecular formula is C17H20N2O2. The number of carbonyl (C=O) groups excluding carboxylic acids is 1. The van der Waals surface area contributed by atoms with Gasteiger partial charge in [-0.3, -0.25) is 9.78 Å². The number of pyridine rings is 1. The average Bonchev–Trinajstić information content (AvgIpc) is 2.49. The zero-order valence-electron chi connectivity index (χ0n) is 12.6. The summed E-state index contributed by atoms with van der Waals surface area (Å²) in [5, 5.41) is 2.92. The number of aryl methyl sites for hydroxylation is 2. The zero-order valence-corrected chi connectivity index (χ0v) is 12.6. The second-order valence-electron chi connectivity index (χ2n) is 5.06. The Kier molecular flexibility index (Phi) is 4.93. The highest BCUT2D eigenvalue weighted by molar-refractivity contribution is 5.79. The molecule has 0 aliphatic heterocycles. The summed E-state index contributed by atoms with van der Waals surface area (Å²) in [5.74, 6) is 0.868. The Morgan fingerprint density at radius 1 is 1.19 bits per heavy atom. The van der Waals surface area contributed by atoms with E-state index >= 15 is 0 Å². The van der Waals surface area contributed by atoms with Crippen molar-refractivity contribution in [1.29, 1.82) is 0 Å². The highest BCUT2D eigenvalue weighted by Gasteiger charge is 2.09. The molecule has 110 valence electrons. The van der Waals surface area contributed by atoms with E-state index in [4.69, 9.17) is 4.74 Å². The van der Waals surface area contributed by atoms with Gasteiger partial charge in [0.2, 0.25) is 5.91 Å². The van der Waals surface area contributed by atoms with Gasteiger partial charge < -0.3 is 10.1 Å². The first-order valence-electron chi connectivity index (χ1n) is 6.90. The lowest BCUT2D eigenvalue weighted by atomic mass is 10.0. The number of carbonyl (C=O) groups is 1. The van der Waals surface area contributed by atoms with Crippen LogP contribution in [0.15, 0.2) is 36.7 Å². The van der Waals surface area contributed by atoms with E-state index in [2.05, 4.69) is 10.3 Å². The van der Waals surface area contributed by atoms with Gasteiger partial charge in [-0.15, -0.1) is 0 Å². The number of nitrogens with one attached hydrogen (secondary N) is 1. The lowest BCUT2D eigenvalue weighted by molar-refractivity contribution is -0.120. The number of aromatic nitrogens is 1. The van der Waals surface area contributed by atoms with Gasteiger partial charge in [0, 0.05) is 18.9 Å². The minimum Gasteiger partial charge on any atom is -0.496 e. The summed E-state index contributed by atoms with van der Waals surface area (Å²) in [7, 11) is 1.66. The highest BCUT2D eigenvalue weighted by atomic mass is 16.5. The number of rotatable bonds is 5. The third-order valence-corrected chi connectivity index (χ3v) is 3.44. The molecule has 2 rings (SSSR count). The number of hydrogen-bond acceptors (Lipinski definition) is 3. The number of amides is 1. The summed E-state index contributed by atoms with van der Waals surface area (Å²) in [6.45, 7) is 4.50. The van der Waals surface area contributed by atoms with E-state index in [1.54, 1.807) is 19.5 Å². The van der Waals surface area contributed by atoms with Gasteiger partial charge in [-0.1, -0.05) is 6.07 Å². The van der Waals surface area contributed by atoms with Crippen molar-refractivity contribution >= 4 is 5.91 Å². The van der Waals surface area contributed by atoms with Crippen molar-refractivity contribution < 1.29 is 9.53 Å². The van der Waals surface area contributed by atoms with Gasteiger partial charge in [-0.05, 0) is 54.3 Å². The fraction of sp³-hybridized carbons (Fsp3) is 0.294. The molecule has 21 heavy (non-hydrogen) atoms. The fourth-order valence-corrected chi connectivity index (χ4v) is 2.20. The molecule has 0 unspecified atom stereocenters. The molecule has 0 atom stereocenters. The summed E-state index contributed by atoms with van der Waals surface area (Å²) >= 11 is 0. The number of benzene rings is 1. The maximum Gasteiger partial charge on any atom is 0.224 e. The van der Waals surface area contributed by atoms with Crippen LogP contribution in [0.25, 0.3) is 0 Å². The lowest BCUT2D eigenvalue weighted by Gasteiger charge is -2.11. The van der Waals surface area contributed by atoms with Crippen molar-refractivity contribution in [3.63, 3.8) is 0 Å². The number of hydrogen-bond donors (Lipinski definition) is 1. The minimum atomic E-state index is 0.0134. The van der Waals surface area contributed by atoms with E-state index in [1.807, 2.05) is 38.1 Å². The minimum absolute atomic E-state index is 0.0134. The summed E-state index contributed by atoms with van der Waals surface area (Å²) in [5.41, 5.74) is 4.18. The maximum atomic E-state index is 12.0. The quantitative estimate of drug-likeness (QED) is 0.918. The normalized spacial score (nSPS) is 10.2.